The molecule has 0 aliphatic heterocycles. The summed E-state index contributed by atoms with van der Waals surface area (Å²) in [5.41, 5.74) is 2.46. The number of aromatic amines is 1. The topological polar surface area (TPSA) is 88.3 Å². The van der Waals surface area contributed by atoms with Crippen LogP contribution in [0.1, 0.15) is 52.4 Å². The molecular weight excluding hydrogens is 320 g/mol. The highest BCUT2D eigenvalue weighted by Gasteiger charge is 2.26. The summed E-state index contributed by atoms with van der Waals surface area (Å²) in [5, 5.41) is 2.72. The lowest BCUT2D eigenvalue weighted by Gasteiger charge is -2.16. The summed E-state index contributed by atoms with van der Waals surface area (Å²) in [7, 11) is 0. The number of esters is 1. The van der Waals surface area contributed by atoms with Crippen molar-refractivity contribution in [3.63, 3.8) is 0 Å². The van der Waals surface area contributed by atoms with Gasteiger partial charge in [-0.1, -0.05) is 25.1 Å². The molecule has 0 aliphatic carbocycles. The molecule has 6 heteroatoms. The van der Waals surface area contributed by atoms with Crippen molar-refractivity contribution in [3.05, 3.63) is 52.8 Å². The van der Waals surface area contributed by atoms with Crippen LogP contribution in [0.5, 0.6) is 0 Å². The van der Waals surface area contributed by atoms with Crippen molar-refractivity contribution < 1.29 is 19.1 Å². The van der Waals surface area contributed by atoms with Crippen molar-refractivity contribution in [2.75, 3.05) is 5.32 Å². The fourth-order valence-corrected chi connectivity index (χ4v) is 2.74. The van der Waals surface area contributed by atoms with Gasteiger partial charge in [-0.05, 0) is 44.9 Å². The summed E-state index contributed by atoms with van der Waals surface area (Å²) >= 11 is 0. The molecule has 2 aromatic rings. The lowest BCUT2D eigenvalue weighted by Crippen LogP contribution is -2.32. The summed E-state index contributed by atoms with van der Waals surface area (Å²) in [5.74, 6) is -1.17. The molecule has 132 valence electrons. The molecule has 1 amide bonds. The number of hydrogen-bond donors (Lipinski definition) is 2. The quantitative estimate of drug-likeness (QED) is 0.622. The summed E-state index contributed by atoms with van der Waals surface area (Å²) in [6.07, 6.45) is -0.584. The summed E-state index contributed by atoms with van der Waals surface area (Å²) in [6.45, 7) is 6.61. The van der Waals surface area contributed by atoms with E-state index in [-0.39, 0.29) is 11.5 Å². The monoisotopic (exact) mass is 342 g/mol. The van der Waals surface area contributed by atoms with E-state index in [1.807, 2.05) is 6.07 Å². The summed E-state index contributed by atoms with van der Waals surface area (Å²) in [6, 6.07) is 8.96. The molecule has 0 aliphatic rings. The molecule has 2 N–H and O–H groups in total. The van der Waals surface area contributed by atoms with Crippen molar-refractivity contribution in [2.24, 2.45) is 0 Å². The van der Waals surface area contributed by atoms with Gasteiger partial charge in [0.05, 0.1) is 0 Å². The number of rotatable bonds is 6. The van der Waals surface area contributed by atoms with E-state index in [0.29, 0.717) is 28.9 Å². The van der Waals surface area contributed by atoms with Gasteiger partial charge in [0.25, 0.3) is 5.91 Å². The molecule has 1 aromatic heterocycles. The van der Waals surface area contributed by atoms with Crippen LogP contribution in [0.15, 0.2) is 30.3 Å². The van der Waals surface area contributed by atoms with E-state index in [0.717, 1.165) is 0 Å². The predicted molar refractivity (Wildman–Crippen MR) is 94.8 cm³/mol. The number of H-pyrrole nitrogens is 1. The molecule has 0 radical (unpaired) electrons. The minimum absolute atomic E-state index is 0.126. The molecule has 0 unspecified atom stereocenters. The number of para-hydroxylation sites is 1. The molecule has 25 heavy (non-hydrogen) atoms. The van der Waals surface area contributed by atoms with Gasteiger partial charge in [0.15, 0.2) is 11.9 Å². The molecule has 0 fully saturated rings. The third-order valence-electron chi connectivity index (χ3n) is 3.95. The molecule has 1 heterocycles. The molecule has 6 nitrogen and oxygen atoms in total. The fourth-order valence-electron chi connectivity index (χ4n) is 2.74. The van der Waals surface area contributed by atoms with Gasteiger partial charge in [-0.15, -0.1) is 0 Å². The van der Waals surface area contributed by atoms with Crippen molar-refractivity contribution >= 4 is 23.3 Å². The summed E-state index contributed by atoms with van der Waals surface area (Å²) in [4.78, 5) is 39.3. The van der Waals surface area contributed by atoms with Gasteiger partial charge < -0.3 is 15.0 Å². The van der Waals surface area contributed by atoms with Crippen LogP contribution in [0.3, 0.4) is 0 Å². The maximum absolute atomic E-state index is 12.4. The molecule has 0 saturated carbocycles. The number of carbonyl (C=O) groups is 3. The minimum Gasteiger partial charge on any atom is -0.448 e. The first-order valence-corrected chi connectivity index (χ1v) is 8.12. The Kier molecular flexibility index (Phi) is 5.75. The number of amides is 1. The number of carbonyl (C=O) groups excluding carboxylic acids is 3. The number of nitrogens with one attached hydrogen (secondary N) is 2. The van der Waals surface area contributed by atoms with Crippen molar-refractivity contribution in [1.82, 2.24) is 4.98 Å². The molecule has 0 saturated heterocycles. The second-order valence-electron chi connectivity index (χ2n) is 5.84. The van der Waals surface area contributed by atoms with Gasteiger partial charge in [0.1, 0.15) is 5.69 Å². The number of ether oxygens (including phenoxy) is 1. The van der Waals surface area contributed by atoms with Crippen LogP contribution < -0.4 is 5.32 Å². The second-order valence-corrected chi connectivity index (χ2v) is 5.84. The Hall–Kier alpha value is -2.89. The van der Waals surface area contributed by atoms with Gasteiger partial charge in [0, 0.05) is 16.9 Å². The number of benzene rings is 1. The largest absolute Gasteiger partial charge is 0.448 e. The zero-order valence-electron chi connectivity index (χ0n) is 14.8. The lowest BCUT2D eigenvalue weighted by molar-refractivity contribution is -0.124. The lowest BCUT2D eigenvalue weighted by atomic mass is 10.1. The van der Waals surface area contributed by atoms with E-state index in [1.54, 1.807) is 45.0 Å². The minimum atomic E-state index is -0.920. The molecular formula is C19H22N2O4. The van der Waals surface area contributed by atoms with Crippen molar-refractivity contribution in [2.45, 2.75) is 40.2 Å². The van der Waals surface area contributed by atoms with E-state index in [4.69, 9.17) is 4.74 Å². The van der Waals surface area contributed by atoms with Crippen LogP contribution in [0.4, 0.5) is 5.69 Å². The van der Waals surface area contributed by atoms with Crippen LogP contribution in [0.25, 0.3) is 0 Å². The maximum atomic E-state index is 12.4. The Balaban J connectivity index is 2.13. The first-order valence-electron chi connectivity index (χ1n) is 8.12. The Labute approximate surface area is 146 Å². The zero-order valence-corrected chi connectivity index (χ0v) is 14.8. The number of anilines is 1. The Morgan fingerprint density at radius 2 is 1.80 bits per heavy atom. The van der Waals surface area contributed by atoms with Crippen LogP contribution >= 0.6 is 0 Å². The highest BCUT2D eigenvalue weighted by molar-refractivity contribution is 6.02. The van der Waals surface area contributed by atoms with Gasteiger partial charge in [-0.3, -0.25) is 9.59 Å². The molecule has 2 rings (SSSR count). The van der Waals surface area contributed by atoms with E-state index >= 15 is 0 Å². The van der Waals surface area contributed by atoms with Gasteiger partial charge in [-0.2, -0.15) is 0 Å². The molecule has 1 atom stereocenters. The van der Waals surface area contributed by atoms with Gasteiger partial charge in [0.2, 0.25) is 0 Å². The van der Waals surface area contributed by atoms with Crippen LogP contribution in [0.2, 0.25) is 0 Å². The molecule has 1 aromatic carbocycles. The van der Waals surface area contributed by atoms with Crippen molar-refractivity contribution in [1.29, 1.82) is 0 Å². The Morgan fingerprint density at radius 3 is 2.32 bits per heavy atom. The number of ketones is 1. The highest BCUT2D eigenvalue weighted by atomic mass is 16.5. The Bertz CT molecular complexity index is 793. The standard InChI is InChI=1S/C19H22N2O4/c1-5-15(18(23)21-14-9-7-6-8-10-14)25-19(24)17-11(2)16(13(4)22)12(3)20-17/h6-10,15,20H,5H2,1-4H3,(H,21,23)/t15-/m1/s1. The Morgan fingerprint density at radius 1 is 1.16 bits per heavy atom. The SMILES string of the molecule is CC[C@@H](OC(=O)c1[nH]c(C)c(C(C)=O)c1C)C(=O)Nc1ccccc1. The highest BCUT2D eigenvalue weighted by Crippen LogP contribution is 2.20. The number of Topliss-reactive ketones (excluding diaryl/α,β-unsaturated/α-hetero) is 1. The third kappa shape index (κ3) is 4.15. The van der Waals surface area contributed by atoms with Crippen LogP contribution in [-0.2, 0) is 9.53 Å². The third-order valence-corrected chi connectivity index (χ3v) is 3.95. The predicted octanol–water partition coefficient (Wildman–Crippen LogP) is 3.41. The number of aromatic nitrogens is 1. The van der Waals surface area contributed by atoms with E-state index in [9.17, 15) is 14.4 Å². The van der Waals surface area contributed by atoms with Crippen LogP contribution in [0, 0.1) is 13.8 Å². The number of hydrogen-bond acceptors (Lipinski definition) is 4. The first-order chi connectivity index (χ1) is 11.8. The van der Waals surface area contributed by atoms with Crippen LogP contribution in [-0.4, -0.2) is 28.7 Å². The smallest absolute Gasteiger partial charge is 0.355 e. The van der Waals surface area contributed by atoms with E-state index < -0.39 is 18.0 Å². The maximum Gasteiger partial charge on any atom is 0.355 e. The number of aryl methyl sites for hydroxylation is 1. The van der Waals surface area contributed by atoms with E-state index in [1.165, 1.54) is 6.92 Å². The molecule has 0 bridgehead atoms. The average molecular weight is 342 g/mol. The van der Waals surface area contributed by atoms with Crippen molar-refractivity contribution in [3.8, 4) is 0 Å². The van der Waals surface area contributed by atoms with E-state index in [2.05, 4.69) is 10.3 Å². The first kappa shape index (κ1) is 18.4. The summed E-state index contributed by atoms with van der Waals surface area (Å²) < 4.78 is 5.36. The zero-order chi connectivity index (χ0) is 18.6. The fraction of sp³-hybridized carbons (Fsp3) is 0.316. The van der Waals surface area contributed by atoms with Gasteiger partial charge >= 0.3 is 5.97 Å². The van der Waals surface area contributed by atoms with Gasteiger partial charge in [-0.25, -0.2) is 4.79 Å². The normalized spacial score (nSPS) is 11.7. The molecule has 0 spiro atoms. The second kappa shape index (κ2) is 7.79. The average Bonchev–Trinajstić information content (AvgIpc) is 2.87.